The minimum absolute atomic E-state index is 0.0217. The second-order valence-electron chi connectivity index (χ2n) is 16.4. The molecule has 4 N–H and O–H groups in total. The molecule has 1 atom stereocenters. The topological polar surface area (TPSA) is 158 Å². The molecule has 4 heterocycles. The highest BCUT2D eigenvalue weighted by Crippen LogP contribution is 2.35. The summed E-state index contributed by atoms with van der Waals surface area (Å²) in [4.78, 5) is 62.2. The van der Waals surface area contributed by atoms with Gasteiger partial charge in [0, 0.05) is 53.9 Å². The Morgan fingerprint density at radius 1 is 0.828 bits per heavy atom. The molecule has 5 aliphatic rings. The van der Waals surface area contributed by atoms with Crippen molar-refractivity contribution >= 4 is 41.0 Å². The van der Waals surface area contributed by atoms with E-state index in [4.69, 9.17) is 4.74 Å². The number of aromatic nitrogens is 2. The van der Waals surface area contributed by atoms with Crippen LogP contribution in [0.4, 0.5) is 26.1 Å². The third kappa shape index (κ3) is 9.31. The van der Waals surface area contributed by atoms with Crippen LogP contribution >= 0.6 is 0 Å². The Balaban J connectivity index is 0.754. The molecule has 2 saturated carbocycles. The molecule has 3 aromatic rings. The van der Waals surface area contributed by atoms with Crippen LogP contribution in [-0.2, 0) is 23.9 Å². The van der Waals surface area contributed by atoms with Crippen LogP contribution in [0.15, 0.2) is 48.7 Å². The van der Waals surface area contributed by atoms with Crippen molar-refractivity contribution in [2.45, 2.75) is 107 Å². The summed E-state index contributed by atoms with van der Waals surface area (Å²) in [6.45, 7) is 2.72. The SMILES string of the molecule is O=C1CCC(Nc2ccc(C3CCN([C@H]4CC[C@H](NC(=O)[C@H]5CC[C@H](Nc6ncc(F)c(-c7cccc(N8CCOCC8=O)c7)n6)CC5)CC4)CC3)c(F)c2)C(=O)N1. The fourth-order valence-corrected chi connectivity index (χ4v) is 9.39. The molecule has 2 aliphatic carbocycles. The number of benzene rings is 2. The number of carbonyl (C=O) groups excluding carboxylic acids is 4. The summed E-state index contributed by atoms with van der Waals surface area (Å²) in [6.07, 6.45) is 10.6. The van der Waals surface area contributed by atoms with Crippen molar-refractivity contribution < 1.29 is 32.7 Å². The van der Waals surface area contributed by atoms with Crippen LogP contribution in [0.25, 0.3) is 11.3 Å². The van der Waals surface area contributed by atoms with E-state index in [-0.39, 0.29) is 72.1 Å². The van der Waals surface area contributed by atoms with Crippen molar-refractivity contribution in [1.29, 1.82) is 0 Å². The number of hydrogen-bond acceptors (Lipinski definition) is 10. The molecule has 58 heavy (non-hydrogen) atoms. The van der Waals surface area contributed by atoms with E-state index in [1.165, 1.54) is 12.3 Å². The zero-order valence-corrected chi connectivity index (χ0v) is 32.7. The van der Waals surface area contributed by atoms with E-state index < -0.39 is 11.9 Å². The summed E-state index contributed by atoms with van der Waals surface area (Å²) in [6, 6.07) is 12.4. The minimum atomic E-state index is -0.549. The van der Waals surface area contributed by atoms with Crippen LogP contribution in [0.3, 0.4) is 0 Å². The molecule has 5 fully saturated rings. The lowest BCUT2D eigenvalue weighted by molar-refractivity contribution is -0.133. The number of amides is 4. The van der Waals surface area contributed by atoms with Gasteiger partial charge in [0.25, 0.3) is 5.91 Å². The van der Waals surface area contributed by atoms with Crippen molar-refractivity contribution in [2.24, 2.45) is 5.92 Å². The van der Waals surface area contributed by atoms with Gasteiger partial charge in [0.05, 0.1) is 12.8 Å². The summed E-state index contributed by atoms with van der Waals surface area (Å²) < 4.78 is 35.5. The third-order valence-corrected chi connectivity index (χ3v) is 12.7. The van der Waals surface area contributed by atoms with Crippen LogP contribution < -0.4 is 26.2 Å². The Labute approximate surface area is 337 Å². The first kappa shape index (κ1) is 39.8. The van der Waals surface area contributed by atoms with Gasteiger partial charge in [0.2, 0.25) is 23.7 Å². The second kappa shape index (κ2) is 17.9. The molecule has 8 rings (SSSR count). The minimum Gasteiger partial charge on any atom is -0.374 e. The van der Waals surface area contributed by atoms with Crippen LogP contribution in [-0.4, -0.2) is 95.5 Å². The average molecular weight is 799 g/mol. The predicted octanol–water partition coefficient (Wildman–Crippen LogP) is 5.28. The van der Waals surface area contributed by atoms with E-state index in [1.807, 2.05) is 18.2 Å². The number of likely N-dealkylation sites (tertiary alicyclic amines) is 1. The molecular formula is C43H52F2N8O5. The van der Waals surface area contributed by atoms with Gasteiger partial charge in [-0.05, 0) is 119 Å². The number of halogens is 2. The Morgan fingerprint density at radius 2 is 1.60 bits per heavy atom. The van der Waals surface area contributed by atoms with Gasteiger partial charge in [-0.1, -0.05) is 18.2 Å². The molecule has 0 radical (unpaired) electrons. The Bertz CT molecular complexity index is 1990. The van der Waals surface area contributed by atoms with Crippen molar-refractivity contribution in [3.63, 3.8) is 0 Å². The zero-order valence-electron chi connectivity index (χ0n) is 32.7. The van der Waals surface area contributed by atoms with Gasteiger partial charge in [0.15, 0.2) is 5.82 Å². The van der Waals surface area contributed by atoms with Crippen molar-refractivity contribution in [3.05, 3.63) is 65.9 Å². The number of morpholine rings is 1. The average Bonchev–Trinajstić information content (AvgIpc) is 3.23. The summed E-state index contributed by atoms with van der Waals surface area (Å²) in [7, 11) is 0. The van der Waals surface area contributed by atoms with Gasteiger partial charge in [-0.15, -0.1) is 0 Å². The van der Waals surface area contributed by atoms with E-state index in [9.17, 15) is 23.6 Å². The Hall–Kier alpha value is -5.02. The molecular weight excluding hydrogens is 747 g/mol. The normalized spacial score (nSPS) is 26.2. The second-order valence-corrected chi connectivity index (χ2v) is 16.4. The first-order valence-corrected chi connectivity index (χ1v) is 20.9. The van der Waals surface area contributed by atoms with Gasteiger partial charge < -0.3 is 30.5 Å². The van der Waals surface area contributed by atoms with Gasteiger partial charge in [-0.25, -0.2) is 18.7 Å². The summed E-state index contributed by atoms with van der Waals surface area (Å²) >= 11 is 0. The fraction of sp³-hybridized carbons (Fsp3) is 0.535. The monoisotopic (exact) mass is 798 g/mol. The highest BCUT2D eigenvalue weighted by atomic mass is 19.1. The fourth-order valence-electron chi connectivity index (χ4n) is 9.39. The maximum atomic E-state index is 15.3. The lowest BCUT2D eigenvalue weighted by Gasteiger charge is -2.41. The number of anilines is 3. The molecule has 3 saturated heterocycles. The Morgan fingerprint density at radius 3 is 2.34 bits per heavy atom. The summed E-state index contributed by atoms with van der Waals surface area (Å²) in [5, 5.41) is 12.1. The van der Waals surface area contributed by atoms with E-state index in [2.05, 4.69) is 36.1 Å². The molecule has 4 amide bonds. The number of nitrogens with one attached hydrogen (secondary N) is 4. The van der Waals surface area contributed by atoms with Crippen LogP contribution in [0.1, 0.15) is 88.5 Å². The third-order valence-electron chi connectivity index (χ3n) is 12.7. The van der Waals surface area contributed by atoms with E-state index in [0.717, 1.165) is 77.3 Å². The number of imide groups is 1. The highest BCUT2D eigenvalue weighted by Gasteiger charge is 2.33. The van der Waals surface area contributed by atoms with Crippen LogP contribution in [0.2, 0.25) is 0 Å². The molecule has 2 aromatic carbocycles. The number of hydrogen-bond donors (Lipinski definition) is 4. The van der Waals surface area contributed by atoms with Crippen molar-refractivity contribution in [2.75, 3.05) is 48.4 Å². The first-order valence-electron chi connectivity index (χ1n) is 20.9. The van der Waals surface area contributed by atoms with E-state index in [0.29, 0.717) is 54.1 Å². The molecule has 308 valence electrons. The lowest BCUT2D eigenvalue weighted by atomic mass is 9.83. The smallest absolute Gasteiger partial charge is 0.253 e. The molecule has 13 nitrogen and oxygen atoms in total. The Kier molecular flexibility index (Phi) is 12.3. The lowest BCUT2D eigenvalue weighted by Crippen LogP contribution is -2.47. The summed E-state index contributed by atoms with van der Waals surface area (Å²) in [5.74, 6) is -1.06. The van der Waals surface area contributed by atoms with Crippen molar-refractivity contribution in [3.8, 4) is 11.3 Å². The maximum Gasteiger partial charge on any atom is 0.253 e. The van der Waals surface area contributed by atoms with Crippen molar-refractivity contribution in [1.82, 2.24) is 25.5 Å². The van der Waals surface area contributed by atoms with Crippen LogP contribution in [0, 0.1) is 17.6 Å². The number of ether oxygens (including phenoxy) is 1. The molecule has 0 bridgehead atoms. The number of piperidine rings is 2. The summed E-state index contributed by atoms with van der Waals surface area (Å²) in [5.41, 5.74) is 2.63. The molecule has 1 aromatic heterocycles. The predicted molar refractivity (Wildman–Crippen MR) is 214 cm³/mol. The molecule has 3 aliphatic heterocycles. The number of rotatable bonds is 10. The highest BCUT2D eigenvalue weighted by molar-refractivity contribution is 6.01. The van der Waals surface area contributed by atoms with E-state index >= 15 is 4.39 Å². The standard InChI is InChI=1S/C43H52F2N8O5/c44-35-23-31(47-37-14-15-38(54)50-42(37)57)10-13-34(35)26-16-18-52(19-17-26)32-11-8-29(9-12-32)48-41(56)27-4-6-30(7-5-27)49-43-46-24-36(45)40(51-43)28-2-1-3-33(22-28)53-20-21-58-25-39(53)55/h1-3,10,13,22-24,26-27,29-30,32,37,47H,4-9,11-12,14-21,25H2,(H,48,56)(H,46,49,51)(H,50,54,57)/t27-,29-,30-,32-,37?. The number of carbonyl (C=O) groups is 4. The molecule has 15 heteroatoms. The quantitative estimate of drug-likeness (QED) is 0.199. The van der Waals surface area contributed by atoms with Gasteiger partial charge in [-0.3, -0.25) is 24.5 Å². The van der Waals surface area contributed by atoms with Crippen LogP contribution in [0.5, 0.6) is 0 Å². The first-order chi connectivity index (χ1) is 28.2. The van der Waals surface area contributed by atoms with Gasteiger partial charge in [0.1, 0.15) is 24.2 Å². The molecule has 0 spiro atoms. The largest absolute Gasteiger partial charge is 0.374 e. The molecule has 1 unspecified atom stereocenters. The van der Waals surface area contributed by atoms with E-state index in [1.54, 1.807) is 23.1 Å². The van der Waals surface area contributed by atoms with Gasteiger partial charge >= 0.3 is 0 Å². The zero-order chi connectivity index (χ0) is 40.2. The van der Waals surface area contributed by atoms with Gasteiger partial charge in [-0.2, -0.15) is 0 Å². The maximum absolute atomic E-state index is 15.3. The number of nitrogens with zero attached hydrogens (tertiary/aromatic N) is 4.